The van der Waals surface area contributed by atoms with E-state index in [-0.39, 0.29) is 11.2 Å². The summed E-state index contributed by atoms with van der Waals surface area (Å²) in [6, 6.07) is 4.29. The number of H-pyrrole nitrogens is 1. The molecule has 0 radical (unpaired) electrons. The highest BCUT2D eigenvalue weighted by Gasteiger charge is 2.08. The lowest BCUT2D eigenvalue weighted by atomic mass is 10.1. The number of benzene rings is 1. The number of pyridine rings is 1. The van der Waals surface area contributed by atoms with Crippen molar-refractivity contribution < 1.29 is 9.13 Å². The van der Waals surface area contributed by atoms with Gasteiger partial charge in [-0.15, -0.1) is 0 Å². The molecule has 90 valence electrons. The van der Waals surface area contributed by atoms with Gasteiger partial charge in [0.05, 0.1) is 12.1 Å². The second-order valence-electron chi connectivity index (χ2n) is 3.77. The maximum absolute atomic E-state index is 13.6. The van der Waals surface area contributed by atoms with Gasteiger partial charge >= 0.3 is 0 Å². The summed E-state index contributed by atoms with van der Waals surface area (Å²) in [7, 11) is 0. The van der Waals surface area contributed by atoms with E-state index in [0.29, 0.717) is 23.9 Å². The van der Waals surface area contributed by atoms with Crippen molar-refractivity contribution in [3.05, 3.63) is 39.9 Å². The van der Waals surface area contributed by atoms with Crippen molar-refractivity contribution in [2.75, 3.05) is 6.61 Å². The van der Waals surface area contributed by atoms with E-state index >= 15 is 0 Å². The highest BCUT2D eigenvalue weighted by atomic mass is 19.1. The van der Waals surface area contributed by atoms with E-state index < -0.39 is 5.82 Å². The van der Waals surface area contributed by atoms with Gasteiger partial charge in [0, 0.05) is 23.2 Å². The monoisotopic (exact) mass is 235 g/mol. The number of fused-ring (bicyclic) bond motifs is 1. The molecule has 2 aromatic rings. The molecular formula is C13H14FNO2. The fourth-order valence-electron chi connectivity index (χ4n) is 1.76. The van der Waals surface area contributed by atoms with Crippen LogP contribution in [0.1, 0.15) is 19.5 Å². The highest BCUT2D eigenvalue weighted by Crippen LogP contribution is 2.22. The second-order valence-corrected chi connectivity index (χ2v) is 3.77. The number of aryl methyl sites for hydroxylation is 1. The smallest absolute Gasteiger partial charge is 0.189 e. The highest BCUT2D eigenvalue weighted by molar-refractivity contribution is 5.80. The number of rotatable bonds is 3. The van der Waals surface area contributed by atoms with Gasteiger partial charge in [-0.1, -0.05) is 6.92 Å². The number of aromatic nitrogens is 1. The summed E-state index contributed by atoms with van der Waals surface area (Å²) in [5, 5.41) is 0.451. The number of ether oxygens (including phenoxy) is 1. The average molecular weight is 235 g/mol. The molecule has 0 saturated carbocycles. The first-order valence-electron chi connectivity index (χ1n) is 5.64. The molecule has 0 aliphatic heterocycles. The molecular weight excluding hydrogens is 221 g/mol. The molecule has 0 fully saturated rings. The molecule has 1 heterocycles. The Labute approximate surface area is 98.2 Å². The molecule has 0 aliphatic rings. The van der Waals surface area contributed by atoms with E-state index in [1.807, 2.05) is 6.92 Å². The predicted octanol–water partition coefficient (Wildman–Crippen LogP) is 2.63. The molecule has 2 rings (SSSR count). The van der Waals surface area contributed by atoms with Gasteiger partial charge in [-0.3, -0.25) is 4.79 Å². The Balaban J connectivity index is 2.70. The van der Waals surface area contributed by atoms with Crippen LogP contribution in [-0.4, -0.2) is 11.6 Å². The van der Waals surface area contributed by atoms with Gasteiger partial charge in [0.1, 0.15) is 0 Å². The molecule has 3 nitrogen and oxygen atoms in total. The van der Waals surface area contributed by atoms with Crippen molar-refractivity contribution in [3.63, 3.8) is 0 Å². The van der Waals surface area contributed by atoms with Crippen molar-refractivity contribution in [2.45, 2.75) is 20.3 Å². The van der Waals surface area contributed by atoms with E-state index in [2.05, 4.69) is 4.98 Å². The van der Waals surface area contributed by atoms with Crippen LogP contribution >= 0.6 is 0 Å². The maximum atomic E-state index is 13.6. The molecule has 0 bridgehead atoms. The van der Waals surface area contributed by atoms with E-state index in [1.165, 1.54) is 18.2 Å². The molecule has 4 heteroatoms. The zero-order chi connectivity index (χ0) is 12.4. The van der Waals surface area contributed by atoms with Crippen LogP contribution in [0, 0.1) is 5.82 Å². The van der Waals surface area contributed by atoms with Crippen molar-refractivity contribution in [1.29, 1.82) is 0 Å². The average Bonchev–Trinajstić information content (AvgIpc) is 2.31. The Bertz CT molecular complexity index is 604. The van der Waals surface area contributed by atoms with Crippen molar-refractivity contribution >= 4 is 10.9 Å². The lowest BCUT2D eigenvalue weighted by molar-refractivity contribution is 0.322. The van der Waals surface area contributed by atoms with Crippen LogP contribution in [0.25, 0.3) is 10.9 Å². The van der Waals surface area contributed by atoms with Crippen LogP contribution < -0.4 is 10.2 Å². The summed E-state index contributed by atoms with van der Waals surface area (Å²) in [5.41, 5.74) is 1.19. The van der Waals surface area contributed by atoms with E-state index in [0.717, 1.165) is 5.69 Å². The Kier molecular flexibility index (Phi) is 3.13. The van der Waals surface area contributed by atoms with Crippen LogP contribution in [0.2, 0.25) is 0 Å². The molecule has 17 heavy (non-hydrogen) atoms. The number of halogens is 1. The van der Waals surface area contributed by atoms with Crippen LogP contribution in [0.15, 0.2) is 23.0 Å². The molecule has 1 aromatic carbocycles. The lowest BCUT2D eigenvalue weighted by Crippen LogP contribution is -2.06. The van der Waals surface area contributed by atoms with E-state index in [4.69, 9.17) is 4.74 Å². The standard InChI is InChI=1S/C13H14FNO2/c1-3-8-5-12(16)9-6-13(17-4-2)10(14)7-11(9)15-8/h5-7H,3-4H2,1-2H3,(H,15,16). The van der Waals surface area contributed by atoms with E-state index in [1.54, 1.807) is 6.92 Å². The second kappa shape index (κ2) is 4.57. The zero-order valence-corrected chi connectivity index (χ0v) is 9.84. The minimum atomic E-state index is -0.455. The topological polar surface area (TPSA) is 42.1 Å². The Morgan fingerprint density at radius 2 is 2.06 bits per heavy atom. The van der Waals surface area contributed by atoms with Crippen LogP contribution in [-0.2, 0) is 6.42 Å². The Hall–Kier alpha value is -1.84. The summed E-state index contributed by atoms with van der Waals surface area (Å²) < 4.78 is 18.8. The molecule has 1 aromatic heterocycles. The quantitative estimate of drug-likeness (QED) is 0.888. The Morgan fingerprint density at radius 3 is 2.71 bits per heavy atom. The minimum Gasteiger partial charge on any atom is -0.491 e. The molecule has 1 N–H and O–H groups in total. The lowest BCUT2D eigenvalue weighted by Gasteiger charge is -2.07. The molecule has 0 spiro atoms. The van der Waals surface area contributed by atoms with Crippen molar-refractivity contribution in [1.82, 2.24) is 4.98 Å². The normalized spacial score (nSPS) is 10.8. The molecule has 0 atom stereocenters. The van der Waals surface area contributed by atoms with Crippen molar-refractivity contribution in [3.8, 4) is 5.75 Å². The van der Waals surface area contributed by atoms with Gasteiger partial charge in [-0.05, 0) is 19.4 Å². The third-order valence-electron chi connectivity index (χ3n) is 2.62. The number of aromatic amines is 1. The molecule has 0 saturated heterocycles. The van der Waals surface area contributed by atoms with Gasteiger partial charge in [0.15, 0.2) is 17.0 Å². The first-order chi connectivity index (χ1) is 8.15. The minimum absolute atomic E-state index is 0.114. The maximum Gasteiger partial charge on any atom is 0.189 e. The summed E-state index contributed by atoms with van der Waals surface area (Å²) in [6.45, 7) is 4.07. The fraction of sp³-hybridized carbons (Fsp3) is 0.308. The number of nitrogens with one attached hydrogen (secondary N) is 1. The fourth-order valence-corrected chi connectivity index (χ4v) is 1.76. The molecule has 0 aliphatic carbocycles. The van der Waals surface area contributed by atoms with Gasteiger partial charge in [0.2, 0.25) is 0 Å². The Morgan fingerprint density at radius 1 is 1.29 bits per heavy atom. The first kappa shape index (κ1) is 11.6. The van der Waals surface area contributed by atoms with Gasteiger partial charge in [0.25, 0.3) is 0 Å². The summed E-state index contributed by atoms with van der Waals surface area (Å²) in [4.78, 5) is 14.9. The molecule has 0 unspecified atom stereocenters. The number of hydrogen-bond acceptors (Lipinski definition) is 2. The van der Waals surface area contributed by atoms with Gasteiger partial charge < -0.3 is 9.72 Å². The SMILES string of the molecule is CCOc1cc2c(=O)cc(CC)[nH]c2cc1F. The molecule has 0 amide bonds. The largest absolute Gasteiger partial charge is 0.491 e. The van der Waals surface area contributed by atoms with E-state index in [9.17, 15) is 9.18 Å². The summed E-state index contributed by atoms with van der Waals surface area (Å²) in [5.74, 6) is -0.335. The zero-order valence-electron chi connectivity index (χ0n) is 9.84. The predicted molar refractivity (Wildman–Crippen MR) is 65.1 cm³/mol. The third kappa shape index (κ3) is 2.16. The summed E-state index contributed by atoms with van der Waals surface area (Å²) >= 11 is 0. The van der Waals surface area contributed by atoms with Crippen molar-refractivity contribution in [2.24, 2.45) is 0 Å². The number of hydrogen-bond donors (Lipinski definition) is 1. The van der Waals surface area contributed by atoms with Crippen LogP contribution in [0.5, 0.6) is 5.75 Å². The third-order valence-corrected chi connectivity index (χ3v) is 2.62. The van der Waals surface area contributed by atoms with Crippen LogP contribution in [0.3, 0.4) is 0 Å². The van der Waals surface area contributed by atoms with Gasteiger partial charge in [-0.25, -0.2) is 4.39 Å². The van der Waals surface area contributed by atoms with Crippen LogP contribution in [0.4, 0.5) is 4.39 Å². The first-order valence-corrected chi connectivity index (χ1v) is 5.64. The summed E-state index contributed by atoms with van der Waals surface area (Å²) in [6.07, 6.45) is 0.708. The van der Waals surface area contributed by atoms with Gasteiger partial charge in [-0.2, -0.15) is 0 Å².